The highest BCUT2D eigenvalue weighted by molar-refractivity contribution is 6.13. The highest BCUT2D eigenvalue weighted by atomic mass is 15.1. The first kappa shape index (κ1) is 55.5. The van der Waals surface area contributed by atoms with E-state index in [1.165, 1.54) is 0 Å². The molecule has 0 amide bonds. The second kappa shape index (κ2) is 23.3. The summed E-state index contributed by atoms with van der Waals surface area (Å²) in [5, 5.41) is 4.39. The number of nitrogens with zero attached hydrogens (tertiary/aromatic N) is 9. The summed E-state index contributed by atoms with van der Waals surface area (Å²) in [5.74, 6) is 3.06. The topological polar surface area (TPSA) is 100 Å². The number of hydrogen-bond acceptors (Lipinski definition) is 7. The Balaban J connectivity index is 1.04. The molecule has 0 radical (unpaired) electrons. The number of aryl methyl sites for hydroxylation is 2. The molecule has 0 saturated carbocycles. The van der Waals surface area contributed by atoms with Crippen LogP contribution >= 0.6 is 0 Å². The molecule has 12 aromatic carbocycles. The fraction of sp³-hybridized carbons (Fsp3) is 0.0235. The second-order valence-corrected chi connectivity index (χ2v) is 23.9. The number of benzene rings is 12. The molecule has 9 heteroatoms. The normalized spacial score (nSPS) is 11.5. The van der Waals surface area contributed by atoms with Gasteiger partial charge in [-0.2, -0.15) is 0 Å². The Hall–Kier alpha value is -12.6. The molecule has 0 bridgehead atoms. The van der Waals surface area contributed by atoms with Gasteiger partial charge >= 0.3 is 0 Å². The predicted molar refractivity (Wildman–Crippen MR) is 384 cm³/mol. The van der Waals surface area contributed by atoms with Crippen LogP contribution in [-0.4, -0.2) is 44.0 Å². The van der Waals surface area contributed by atoms with E-state index in [9.17, 15) is 0 Å². The van der Waals surface area contributed by atoms with Gasteiger partial charge in [0.2, 0.25) is 0 Å². The smallest absolute Gasteiger partial charge is 0.166 e. The fourth-order valence-corrected chi connectivity index (χ4v) is 13.2. The van der Waals surface area contributed by atoms with Crippen molar-refractivity contribution >= 4 is 43.6 Å². The van der Waals surface area contributed by atoms with Crippen LogP contribution in [0.15, 0.2) is 309 Å². The lowest BCUT2D eigenvalue weighted by atomic mass is 9.98. The zero-order chi connectivity index (χ0) is 62.6. The van der Waals surface area contributed by atoms with Gasteiger partial charge < -0.3 is 9.13 Å². The Morgan fingerprint density at radius 3 is 0.979 bits per heavy atom. The summed E-state index contributed by atoms with van der Waals surface area (Å²) in [5.41, 5.74) is 20.9. The molecular formula is C85H57N9. The molecule has 0 N–H and O–H groups in total. The summed E-state index contributed by atoms with van der Waals surface area (Å²) < 4.78 is 4.79. The molecule has 17 aromatic rings. The zero-order valence-corrected chi connectivity index (χ0v) is 51.5. The third-order valence-electron chi connectivity index (χ3n) is 17.7. The second-order valence-electron chi connectivity index (χ2n) is 23.9. The first-order valence-corrected chi connectivity index (χ1v) is 31.6. The van der Waals surface area contributed by atoms with Crippen LogP contribution in [0.3, 0.4) is 0 Å². The maximum absolute atomic E-state index is 5.63. The summed E-state index contributed by atoms with van der Waals surface area (Å²) in [4.78, 5) is 38.4. The van der Waals surface area contributed by atoms with Gasteiger partial charge in [0.05, 0.1) is 39.1 Å². The minimum Gasteiger partial charge on any atom is -0.309 e. The summed E-state index contributed by atoms with van der Waals surface area (Å²) in [6, 6.07) is 108. The number of fused-ring (bicyclic) bond motifs is 6. The Morgan fingerprint density at radius 2 is 0.553 bits per heavy atom. The van der Waals surface area contributed by atoms with Crippen LogP contribution < -0.4 is 0 Å². The lowest BCUT2D eigenvalue weighted by Crippen LogP contribution is -2.09. The fourth-order valence-electron chi connectivity index (χ4n) is 13.2. The van der Waals surface area contributed by atoms with Gasteiger partial charge in [0.1, 0.15) is 0 Å². The van der Waals surface area contributed by atoms with E-state index in [-0.39, 0.29) is 0 Å². The van der Waals surface area contributed by atoms with E-state index in [0.29, 0.717) is 34.9 Å². The highest BCUT2D eigenvalue weighted by Crippen LogP contribution is 2.46. The van der Waals surface area contributed by atoms with Crippen LogP contribution in [0.25, 0.3) is 168 Å². The van der Waals surface area contributed by atoms with Crippen molar-refractivity contribution in [1.29, 1.82) is 0 Å². The molecule has 9 nitrogen and oxygen atoms in total. The van der Waals surface area contributed by atoms with E-state index in [1.54, 1.807) is 0 Å². The third kappa shape index (κ3) is 10.1. The largest absolute Gasteiger partial charge is 0.309 e. The van der Waals surface area contributed by atoms with Crippen molar-refractivity contribution in [1.82, 2.24) is 44.0 Å². The standard InChI is InChI=1S/C85H57N9/c1-54-38-43-76-68(46-54)69-47-55(2)39-44-77(69)94(76)79-71(84-89-80(59-30-16-6-17-31-59)87-81(90-84)60-32-18-7-19-33-60)52-66(53-72(79)85-91-82(61-34-20-8-21-35-61)88-83(92-85)62-36-22-9-23-37-62)93-75-45-41-63(56-24-10-3-11-25-56)48-70(75)67-42-40-64(51-78(67)93)65-49-73(57-26-12-4-13-27-57)86-74(50-65)58-28-14-5-15-29-58/h3-53H,1-2H3. The van der Waals surface area contributed by atoms with Gasteiger partial charge in [-0.05, 0) is 103 Å². The van der Waals surface area contributed by atoms with E-state index < -0.39 is 0 Å². The summed E-state index contributed by atoms with van der Waals surface area (Å²) in [6.45, 7) is 4.32. The summed E-state index contributed by atoms with van der Waals surface area (Å²) in [6.07, 6.45) is 0. The molecular weight excluding hydrogens is 1150 g/mol. The maximum Gasteiger partial charge on any atom is 0.166 e. The minimum atomic E-state index is 0.465. The van der Waals surface area contributed by atoms with Gasteiger partial charge in [-0.3, -0.25) is 0 Å². The average molecular weight is 1200 g/mol. The molecule has 0 aliphatic heterocycles. The monoisotopic (exact) mass is 1200 g/mol. The number of hydrogen-bond donors (Lipinski definition) is 0. The van der Waals surface area contributed by atoms with Crippen LogP contribution in [0.2, 0.25) is 0 Å². The maximum atomic E-state index is 5.63. The van der Waals surface area contributed by atoms with E-state index in [1.807, 2.05) is 84.9 Å². The molecule has 0 unspecified atom stereocenters. The molecule has 94 heavy (non-hydrogen) atoms. The van der Waals surface area contributed by atoms with E-state index >= 15 is 0 Å². The zero-order valence-electron chi connectivity index (χ0n) is 51.5. The molecule has 0 saturated heterocycles. The quantitative estimate of drug-likeness (QED) is 0.120. The molecule has 0 spiro atoms. The van der Waals surface area contributed by atoms with Gasteiger partial charge in [-0.25, -0.2) is 34.9 Å². The van der Waals surface area contributed by atoms with Crippen molar-refractivity contribution in [2.24, 2.45) is 0 Å². The average Bonchev–Trinajstić information content (AvgIpc) is 1.54. The van der Waals surface area contributed by atoms with Crippen LogP contribution in [0.4, 0.5) is 0 Å². The van der Waals surface area contributed by atoms with Crippen molar-refractivity contribution in [3.63, 3.8) is 0 Å². The van der Waals surface area contributed by atoms with Crippen LogP contribution in [0, 0.1) is 13.8 Å². The van der Waals surface area contributed by atoms with Gasteiger partial charge in [0.25, 0.3) is 0 Å². The lowest BCUT2D eigenvalue weighted by molar-refractivity contribution is 1.05. The van der Waals surface area contributed by atoms with Gasteiger partial charge in [-0.1, -0.05) is 254 Å². The predicted octanol–water partition coefficient (Wildman–Crippen LogP) is 20.9. The molecule has 5 heterocycles. The molecule has 17 rings (SSSR count). The summed E-state index contributed by atoms with van der Waals surface area (Å²) >= 11 is 0. The molecule has 0 atom stereocenters. The molecule has 0 fully saturated rings. The Kier molecular flexibility index (Phi) is 13.8. The van der Waals surface area contributed by atoms with E-state index in [2.05, 4.69) is 247 Å². The molecule has 5 aromatic heterocycles. The first-order valence-electron chi connectivity index (χ1n) is 31.6. The third-order valence-corrected chi connectivity index (χ3v) is 17.7. The Labute approximate surface area is 543 Å². The number of pyridine rings is 1. The van der Waals surface area contributed by atoms with Crippen LogP contribution in [0.1, 0.15) is 11.1 Å². The van der Waals surface area contributed by atoms with E-state index in [0.717, 1.165) is 144 Å². The van der Waals surface area contributed by atoms with Crippen LogP contribution in [0.5, 0.6) is 0 Å². The van der Waals surface area contributed by atoms with E-state index in [4.69, 9.17) is 34.9 Å². The van der Waals surface area contributed by atoms with Crippen molar-refractivity contribution < 1.29 is 0 Å². The number of rotatable bonds is 12. The van der Waals surface area contributed by atoms with Gasteiger partial charge in [0.15, 0.2) is 34.9 Å². The van der Waals surface area contributed by atoms with Crippen molar-refractivity contribution in [3.8, 4) is 124 Å². The Bertz CT molecular complexity index is 5340. The molecule has 442 valence electrons. The molecule has 0 aliphatic rings. The van der Waals surface area contributed by atoms with Gasteiger partial charge in [0, 0.05) is 71.7 Å². The van der Waals surface area contributed by atoms with Gasteiger partial charge in [-0.15, -0.1) is 0 Å². The summed E-state index contributed by atoms with van der Waals surface area (Å²) in [7, 11) is 0. The minimum absolute atomic E-state index is 0.465. The van der Waals surface area contributed by atoms with Crippen molar-refractivity contribution in [2.45, 2.75) is 13.8 Å². The van der Waals surface area contributed by atoms with Crippen LogP contribution in [-0.2, 0) is 0 Å². The first-order chi connectivity index (χ1) is 46.4. The lowest BCUT2D eigenvalue weighted by Gasteiger charge is -2.21. The number of aromatic nitrogens is 9. The van der Waals surface area contributed by atoms with Crippen molar-refractivity contribution in [3.05, 3.63) is 321 Å². The molecule has 0 aliphatic carbocycles. The van der Waals surface area contributed by atoms with Crippen molar-refractivity contribution in [2.75, 3.05) is 0 Å². The Morgan fingerprint density at radius 1 is 0.213 bits per heavy atom. The SMILES string of the molecule is Cc1ccc2c(c1)c1cc(C)ccc1n2-c1c(-c2nc(-c3ccccc3)nc(-c3ccccc3)n2)cc(-n2c3ccc(-c4ccccc4)cc3c3ccc(-c4cc(-c5ccccc5)nc(-c5ccccc5)c4)cc32)cc1-c1nc(-c2ccccc2)nc(-c2ccccc2)n1. The highest BCUT2D eigenvalue weighted by Gasteiger charge is 2.28.